The number of likely N-dealkylation sites (tertiary alicyclic amines) is 1. The van der Waals surface area contributed by atoms with Crippen molar-refractivity contribution in [3.05, 3.63) is 0 Å². The Morgan fingerprint density at radius 2 is 1.92 bits per heavy atom. The van der Waals surface area contributed by atoms with Gasteiger partial charge in [0, 0.05) is 26.2 Å². The Morgan fingerprint density at radius 1 is 1.32 bits per heavy atom. The topological polar surface area (TPSA) is 78.6 Å². The van der Waals surface area contributed by atoms with E-state index in [1.54, 1.807) is 0 Å². The van der Waals surface area contributed by atoms with Gasteiger partial charge in [0.2, 0.25) is 0 Å². The molecule has 5 heteroatoms. The van der Waals surface area contributed by atoms with Crippen LogP contribution in [-0.4, -0.2) is 55.2 Å². The fraction of sp³-hybridized carbons (Fsp3) is 0.950. The van der Waals surface area contributed by atoms with Gasteiger partial charge >= 0.3 is 5.97 Å². The van der Waals surface area contributed by atoms with Crippen LogP contribution in [0.15, 0.2) is 0 Å². The lowest BCUT2D eigenvalue weighted by Crippen LogP contribution is -2.62. The quantitative estimate of drug-likeness (QED) is 0.655. The van der Waals surface area contributed by atoms with E-state index in [9.17, 15) is 4.79 Å². The predicted molar refractivity (Wildman–Crippen MR) is 103 cm³/mol. The van der Waals surface area contributed by atoms with Crippen LogP contribution in [0, 0.1) is 22.7 Å². The summed E-state index contributed by atoms with van der Waals surface area (Å²) in [5, 5.41) is 11.9. The predicted octanol–water partition coefficient (Wildman–Crippen LogP) is 2.55. The number of carboxylic acids is 1. The molecule has 3 fully saturated rings. The second-order valence-corrected chi connectivity index (χ2v) is 9.48. The van der Waals surface area contributed by atoms with Crippen LogP contribution in [0.25, 0.3) is 0 Å². The standard InChI is InChI=1S/C11H20N2O2.C9H19N/c1-8-4-11(5-8)6-13(7-11)3-2-9(12)10(14)15;1-4-8-5-9(2,6-8)7-10-3/h8-9H,2-7,12H2,1H3,(H,14,15);8,10H,4-7H2,1-3H3. The van der Waals surface area contributed by atoms with Crippen molar-refractivity contribution >= 4 is 5.97 Å². The molecule has 1 spiro atoms. The van der Waals surface area contributed by atoms with Gasteiger partial charge in [-0.2, -0.15) is 0 Å². The van der Waals surface area contributed by atoms with Crippen LogP contribution in [0.4, 0.5) is 0 Å². The Morgan fingerprint density at radius 3 is 2.36 bits per heavy atom. The van der Waals surface area contributed by atoms with E-state index in [1.807, 2.05) is 7.05 Å². The molecule has 1 atom stereocenters. The highest BCUT2D eigenvalue weighted by atomic mass is 16.4. The van der Waals surface area contributed by atoms with E-state index in [-0.39, 0.29) is 0 Å². The van der Waals surface area contributed by atoms with E-state index in [1.165, 1.54) is 38.6 Å². The molecule has 2 aliphatic carbocycles. The summed E-state index contributed by atoms with van der Waals surface area (Å²) in [6.07, 6.45) is 7.53. The Labute approximate surface area is 153 Å². The number of nitrogens with one attached hydrogen (secondary N) is 1. The molecule has 0 aromatic heterocycles. The van der Waals surface area contributed by atoms with Gasteiger partial charge in [-0.1, -0.05) is 27.2 Å². The average molecular weight is 354 g/mol. The Bertz CT molecular complexity index is 434. The highest BCUT2D eigenvalue weighted by Gasteiger charge is 2.50. The lowest BCUT2D eigenvalue weighted by Gasteiger charge is -2.59. The van der Waals surface area contributed by atoms with Crippen LogP contribution in [0.2, 0.25) is 0 Å². The van der Waals surface area contributed by atoms with E-state index in [4.69, 9.17) is 10.8 Å². The maximum atomic E-state index is 10.5. The monoisotopic (exact) mass is 353 g/mol. The van der Waals surface area contributed by atoms with Crippen molar-refractivity contribution in [2.24, 2.45) is 28.4 Å². The Hall–Kier alpha value is -0.650. The normalized spacial score (nSPS) is 32.0. The highest BCUT2D eigenvalue weighted by molar-refractivity contribution is 5.72. The zero-order valence-corrected chi connectivity index (χ0v) is 16.7. The van der Waals surface area contributed by atoms with Crippen LogP contribution in [-0.2, 0) is 4.79 Å². The minimum absolute atomic E-state index is 0.570. The van der Waals surface area contributed by atoms with E-state index in [0.717, 1.165) is 31.5 Å². The fourth-order valence-corrected chi connectivity index (χ4v) is 5.38. The maximum absolute atomic E-state index is 10.5. The number of rotatable bonds is 7. The first-order valence-electron chi connectivity index (χ1n) is 10.1. The van der Waals surface area contributed by atoms with Crippen molar-refractivity contribution in [2.75, 3.05) is 33.2 Å². The van der Waals surface area contributed by atoms with Crippen LogP contribution in [0.1, 0.15) is 59.3 Å². The minimum Gasteiger partial charge on any atom is -0.480 e. The number of hydrogen-bond acceptors (Lipinski definition) is 4. The Balaban J connectivity index is 0.000000196. The van der Waals surface area contributed by atoms with Gasteiger partial charge < -0.3 is 21.1 Å². The van der Waals surface area contributed by atoms with Gasteiger partial charge in [-0.25, -0.2) is 0 Å². The molecule has 0 aromatic rings. The van der Waals surface area contributed by atoms with Gasteiger partial charge in [0.15, 0.2) is 0 Å². The van der Waals surface area contributed by atoms with Crippen molar-refractivity contribution in [1.29, 1.82) is 0 Å². The summed E-state index contributed by atoms with van der Waals surface area (Å²) < 4.78 is 0. The lowest BCUT2D eigenvalue weighted by molar-refractivity contribution is -0.139. The third-order valence-corrected chi connectivity index (χ3v) is 6.50. The third kappa shape index (κ3) is 5.41. The number of carboxylic acid groups (broad SMARTS) is 1. The van der Waals surface area contributed by atoms with Gasteiger partial charge in [0.05, 0.1) is 0 Å². The summed E-state index contributed by atoms with van der Waals surface area (Å²) in [6, 6.07) is -0.693. The van der Waals surface area contributed by atoms with E-state index >= 15 is 0 Å². The van der Waals surface area contributed by atoms with E-state index in [0.29, 0.717) is 17.3 Å². The third-order valence-electron chi connectivity index (χ3n) is 6.50. The summed E-state index contributed by atoms with van der Waals surface area (Å²) in [6.45, 7) is 11.3. The zero-order chi connectivity index (χ0) is 18.7. The number of aliphatic carboxylic acids is 1. The summed E-state index contributed by atoms with van der Waals surface area (Å²) in [5.41, 5.74) is 6.69. The number of hydrogen-bond donors (Lipinski definition) is 3. The highest BCUT2D eigenvalue weighted by Crippen LogP contribution is 2.51. The number of carbonyl (C=O) groups is 1. The molecule has 1 aliphatic heterocycles. The van der Waals surface area contributed by atoms with Crippen LogP contribution in [0.3, 0.4) is 0 Å². The molecule has 4 N–H and O–H groups in total. The molecule has 1 saturated heterocycles. The first kappa shape index (κ1) is 20.7. The average Bonchev–Trinajstić information content (AvgIpc) is 2.45. The first-order chi connectivity index (χ1) is 11.7. The van der Waals surface area contributed by atoms with Gasteiger partial charge in [-0.05, 0) is 61.8 Å². The smallest absolute Gasteiger partial charge is 0.320 e. The van der Waals surface area contributed by atoms with E-state index in [2.05, 4.69) is 31.0 Å². The largest absolute Gasteiger partial charge is 0.480 e. The fourth-order valence-electron chi connectivity index (χ4n) is 5.38. The van der Waals surface area contributed by atoms with Crippen molar-refractivity contribution in [1.82, 2.24) is 10.2 Å². The molecule has 5 nitrogen and oxygen atoms in total. The number of nitrogens with two attached hydrogens (primary N) is 1. The molecule has 146 valence electrons. The van der Waals surface area contributed by atoms with Crippen LogP contribution in [0.5, 0.6) is 0 Å². The minimum atomic E-state index is -0.887. The number of nitrogens with zero attached hydrogens (tertiary/aromatic N) is 1. The van der Waals surface area contributed by atoms with Gasteiger partial charge in [-0.3, -0.25) is 4.79 Å². The van der Waals surface area contributed by atoms with Gasteiger partial charge in [-0.15, -0.1) is 0 Å². The van der Waals surface area contributed by atoms with Crippen LogP contribution < -0.4 is 11.1 Å². The van der Waals surface area contributed by atoms with Crippen molar-refractivity contribution in [3.63, 3.8) is 0 Å². The summed E-state index contributed by atoms with van der Waals surface area (Å²) in [5.74, 6) is 1.04. The molecule has 0 amide bonds. The first-order valence-corrected chi connectivity index (χ1v) is 10.1. The molecule has 0 radical (unpaired) electrons. The maximum Gasteiger partial charge on any atom is 0.320 e. The zero-order valence-electron chi connectivity index (χ0n) is 16.7. The SMILES string of the molecule is CC1CC2(C1)CN(CCC(N)C(=O)O)C2.CCC1CC(C)(CNC)C1. The van der Waals surface area contributed by atoms with Crippen molar-refractivity contribution in [3.8, 4) is 0 Å². The molecule has 3 rings (SSSR count). The van der Waals surface area contributed by atoms with Crippen molar-refractivity contribution in [2.45, 2.75) is 65.3 Å². The second-order valence-electron chi connectivity index (χ2n) is 9.48. The second kappa shape index (κ2) is 8.36. The molecule has 1 heterocycles. The lowest BCUT2D eigenvalue weighted by atomic mass is 9.58. The molecule has 25 heavy (non-hydrogen) atoms. The van der Waals surface area contributed by atoms with Crippen molar-refractivity contribution < 1.29 is 9.90 Å². The molecule has 0 aromatic carbocycles. The molecular formula is C20H39N3O2. The summed E-state index contributed by atoms with van der Waals surface area (Å²) in [7, 11) is 2.05. The molecule has 0 bridgehead atoms. The molecular weight excluding hydrogens is 314 g/mol. The molecule has 2 saturated carbocycles. The Kier molecular flexibility index (Phi) is 6.91. The van der Waals surface area contributed by atoms with Gasteiger partial charge in [0.25, 0.3) is 0 Å². The van der Waals surface area contributed by atoms with E-state index < -0.39 is 12.0 Å². The molecule has 1 unspecified atom stereocenters. The van der Waals surface area contributed by atoms with Gasteiger partial charge in [0.1, 0.15) is 6.04 Å². The summed E-state index contributed by atoms with van der Waals surface area (Å²) in [4.78, 5) is 12.8. The summed E-state index contributed by atoms with van der Waals surface area (Å²) >= 11 is 0. The molecule has 3 aliphatic rings. The van der Waals surface area contributed by atoms with Crippen LogP contribution >= 0.6 is 0 Å².